The summed E-state index contributed by atoms with van der Waals surface area (Å²) in [6.45, 7) is 5.44. The first-order valence-electron chi connectivity index (χ1n) is 8.00. The summed E-state index contributed by atoms with van der Waals surface area (Å²) >= 11 is 1.21. The number of thiazole rings is 1. The summed E-state index contributed by atoms with van der Waals surface area (Å²) < 4.78 is 10.2. The largest absolute Gasteiger partial charge is 0.495 e. The number of non-ortho nitro benzene ring substituents is 1. The van der Waals surface area contributed by atoms with E-state index in [1.165, 1.54) is 42.9 Å². The number of nitro benzene ring substituents is 1. The van der Waals surface area contributed by atoms with E-state index in [1.54, 1.807) is 6.08 Å². The Morgan fingerprint density at radius 3 is 2.86 bits per heavy atom. The number of esters is 1. The first-order chi connectivity index (χ1) is 13.3. The number of anilines is 2. The summed E-state index contributed by atoms with van der Waals surface area (Å²) in [6.07, 6.45) is 0.483. The number of benzene rings is 1. The number of amides is 1. The quantitative estimate of drug-likeness (QED) is 0.281. The second kappa shape index (κ2) is 9.46. The first-order valence-corrected chi connectivity index (χ1v) is 8.88. The molecule has 2 rings (SSSR count). The Bertz CT molecular complexity index is 898. The molecule has 0 aliphatic rings. The van der Waals surface area contributed by atoms with E-state index in [-0.39, 0.29) is 22.8 Å². The third kappa shape index (κ3) is 5.27. The molecule has 1 aromatic carbocycles. The molecule has 0 aliphatic heterocycles. The van der Waals surface area contributed by atoms with Crippen molar-refractivity contribution in [2.75, 3.05) is 24.3 Å². The Kier molecular flexibility index (Phi) is 7.04. The van der Waals surface area contributed by atoms with Crippen LogP contribution in [0.4, 0.5) is 16.5 Å². The minimum absolute atomic E-state index is 0.0594. The number of carbonyl (C=O) groups excluding carboxylic acids is 2. The lowest BCUT2D eigenvalue weighted by Gasteiger charge is -2.14. The molecular weight excluding hydrogens is 388 g/mol. The van der Waals surface area contributed by atoms with Gasteiger partial charge in [0.15, 0.2) is 16.9 Å². The maximum absolute atomic E-state index is 12.3. The van der Waals surface area contributed by atoms with Crippen molar-refractivity contribution >= 4 is 39.7 Å². The van der Waals surface area contributed by atoms with Crippen LogP contribution in [0.5, 0.6) is 5.75 Å². The minimum Gasteiger partial charge on any atom is -0.495 e. The maximum atomic E-state index is 12.3. The summed E-state index contributed by atoms with van der Waals surface area (Å²) in [4.78, 5) is 38.8. The second-order valence-electron chi connectivity index (χ2n) is 5.39. The number of hydrogen-bond acceptors (Lipinski definition) is 9. The predicted octanol–water partition coefficient (Wildman–Crippen LogP) is 2.84. The molecular formula is C17H18N4O6S. The number of nitrogens with one attached hydrogen (secondary N) is 2. The number of methoxy groups -OCH3 is 1. The molecule has 1 atom stereocenters. The van der Waals surface area contributed by atoms with E-state index >= 15 is 0 Å². The Hall–Kier alpha value is -3.47. The summed E-state index contributed by atoms with van der Waals surface area (Å²) in [7, 11) is 1.36. The average Bonchev–Trinajstić information content (AvgIpc) is 3.15. The lowest BCUT2D eigenvalue weighted by molar-refractivity contribution is -0.384. The Labute approximate surface area is 164 Å². The lowest BCUT2D eigenvalue weighted by atomic mass is 10.2. The normalized spacial score (nSPS) is 11.2. The number of aromatic nitrogens is 1. The van der Waals surface area contributed by atoms with E-state index in [4.69, 9.17) is 9.47 Å². The molecule has 0 saturated heterocycles. The standard InChI is InChI=1S/C17H18N4O6S/c1-4-7-18-17-20-13(9-28-17)16(23)27-10(2)15(22)19-12-8-11(21(24)25)5-6-14(12)26-3/h4-6,8-10H,1,7H2,2-3H3,(H,18,20)(H,19,22)/t10-/m0/s1. The van der Waals surface area contributed by atoms with Crippen LogP contribution >= 0.6 is 11.3 Å². The molecule has 0 fully saturated rings. The molecule has 1 aromatic heterocycles. The van der Waals surface area contributed by atoms with Gasteiger partial charge in [-0.2, -0.15) is 0 Å². The summed E-state index contributed by atoms with van der Waals surface area (Å²) in [5, 5.41) is 18.3. The third-order valence-corrected chi connectivity index (χ3v) is 4.22. The first kappa shape index (κ1) is 20.8. The molecule has 28 heavy (non-hydrogen) atoms. The Morgan fingerprint density at radius 1 is 1.46 bits per heavy atom. The van der Waals surface area contributed by atoms with Gasteiger partial charge < -0.3 is 20.1 Å². The van der Waals surface area contributed by atoms with E-state index in [2.05, 4.69) is 22.2 Å². The Morgan fingerprint density at radius 2 is 2.21 bits per heavy atom. The van der Waals surface area contributed by atoms with Crippen LogP contribution < -0.4 is 15.4 Å². The van der Waals surface area contributed by atoms with Crippen LogP contribution in [0.15, 0.2) is 36.2 Å². The van der Waals surface area contributed by atoms with Crippen LogP contribution in [0, 0.1) is 10.1 Å². The van der Waals surface area contributed by atoms with Crippen molar-refractivity contribution in [2.24, 2.45) is 0 Å². The molecule has 0 bridgehead atoms. The highest BCUT2D eigenvalue weighted by Gasteiger charge is 2.22. The van der Waals surface area contributed by atoms with Crippen molar-refractivity contribution in [2.45, 2.75) is 13.0 Å². The zero-order chi connectivity index (χ0) is 20.7. The summed E-state index contributed by atoms with van der Waals surface area (Å²) in [5.74, 6) is -1.21. The lowest BCUT2D eigenvalue weighted by Crippen LogP contribution is -2.30. The van der Waals surface area contributed by atoms with Gasteiger partial charge in [-0.15, -0.1) is 17.9 Å². The van der Waals surface area contributed by atoms with Crippen LogP contribution in [0.25, 0.3) is 0 Å². The van der Waals surface area contributed by atoms with Gasteiger partial charge in [0.25, 0.3) is 11.6 Å². The van der Waals surface area contributed by atoms with Crippen LogP contribution in [0.3, 0.4) is 0 Å². The number of rotatable bonds is 9. The number of ether oxygens (including phenoxy) is 2. The Balaban J connectivity index is 2.03. The zero-order valence-electron chi connectivity index (χ0n) is 15.1. The van der Waals surface area contributed by atoms with Crippen molar-refractivity contribution in [3.05, 3.63) is 52.0 Å². The van der Waals surface area contributed by atoms with Crippen molar-refractivity contribution in [3.63, 3.8) is 0 Å². The highest BCUT2D eigenvalue weighted by Crippen LogP contribution is 2.29. The smallest absolute Gasteiger partial charge is 0.358 e. The van der Waals surface area contributed by atoms with Crippen LogP contribution in [0.2, 0.25) is 0 Å². The molecule has 0 unspecified atom stereocenters. The van der Waals surface area contributed by atoms with Gasteiger partial charge in [-0.3, -0.25) is 14.9 Å². The SMILES string of the molecule is C=CCNc1nc(C(=O)O[C@@H](C)C(=O)Nc2cc([N+](=O)[O-])ccc2OC)cs1. The molecule has 1 heterocycles. The van der Waals surface area contributed by atoms with Gasteiger partial charge in [0.1, 0.15) is 5.75 Å². The topological polar surface area (TPSA) is 133 Å². The van der Waals surface area contributed by atoms with Crippen LogP contribution in [-0.4, -0.2) is 41.5 Å². The molecule has 0 aliphatic carbocycles. The third-order valence-electron chi connectivity index (χ3n) is 3.42. The summed E-state index contributed by atoms with van der Waals surface area (Å²) in [6, 6.07) is 3.76. The molecule has 11 heteroatoms. The highest BCUT2D eigenvalue weighted by atomic mass is 32.1. The number of nitrogens with zero attached hydrogens (tertiary/aromatic N) is 2. The summed E-state index contributed by atoms with van der Waals surface area (Å²) in [5.41, 5.74) is -0.0684. The van der Waals surface area contributed by atoms with Crippen molar-refractivity contribution < 1.29 is 24.0 Å². The number of nitro groups is 1. The molecule has 10 nitrogen and oxygen atoms in total. The number of carbonyl (C=O) groups is 2. The molecule has 0 radical (unpaired) electrons. The average molecular weight is 406 g/mol. The van der Waals surface area contributed by atoms with Crippen molar-refractivity contribution in [1.82, 2.24) is 4.98 Å². The van der Waals surface area contributed by atoms with Crippen molar-refractivity contribution in [3.8, 4) is 5.75 Å². The number of hydrogen-bond donors (Lipinski definition) is 2. The highest BCUT2D eigenvalue weighted by molar-refractivity contribution is 7.13. The van der Waals surface area contributed by atoms with Crippen molar-refractivity contribution in [1.29, 1.82) is 0 Å². The van der Waals surface area contributed by atoms with E-state index in [9.17, 15) is 19.7 Å². The fourth-order valence-electron chi connectivity index (χ4n) is 2.02. The van der Waals surface area contributed by atoms with E-state index in [0.29, 0.717) is 11.7 Å². The molecule has 148 valence electrons. The van der Waals surface area contributed by atoms with E-state index in [1.807, 2.05) is 0 Å². The van der Waals surface area contributed by atoms with E-state index in [0.717, 1.165) is 6.07 Å². The van der Waals surface area contributed by atoms with Gasteiger partial charge in [-0.1, -0.05) is 6.08 Å². The fourth-order valence-corrected chi connectivity index (χ4v) is 2.71. The van der Waals surface area contributed by atoms with Crippen LogP contribution in [-0.2, 0) is 9.53 Å². The van der Waals surface area contributed by atoms with Gasteiger partial charge >= 0.3 is 5.97 Å². The maximum Gasteiger partial charge on any atom is 0.358 e. The monoisotopic (exact) mass is 406 g/mol. The second-order valence-corrected chi connectivity index (χ2v) is 6.24. The van der Waals surface area contributed by atoms with Crippen LogP contribution in [0.1, 0.15) is 17.4 Å². The fraction of sp³-hybridized carbons (Fsp3) is 0.235. The minimum atomic E-state index is -1.16. The van der Waals surface area contributed by atoms with E-state index < -0.39 is 22.9 Å². The molecule has 2 aromatic rings. The van der Waals surface area contributed by atoms with Gasteiger partial charge in [-0.25, -0.2) is 9.78 Å². The van der Waals surface area contributed by atoms with Gasteiger partial charge in [0.2, 0.25) is 0 Å². The molecule has 0 spiro atoms. The molecule has 2 N–H and O–H groups in total. The van der Waals surface area contributed by atoms with Gasteiger partial charge in [0, 0.05) is 24.1 Å². The molecule has 0 saturated carbocycles. The predicted molar refractivity (Wildman–Crippen MR) is 104 cm³/mol. The van der Waals surface area contributed by atoms with Gasteiger partial charge in [0.05, 0.1) is 17.7 Å². The van der Waals surface area contributed by atoms with Gasteiger partial charge in [-0.05, 0) is 13.0 Å². The zero-order valence-corrected chi connectivity index (χ0v) is 15.9. The molecule has 1 amide bonds.